The zero-order valence-electron chi connectivity index (χ0n) is 9.12. The van der Waals surface area contributed by atoms with Gasteiger partial charge >= 0.3 is 0 Å². The Labute approximate surface area is 94.8 Å². The van der Waals surface area contributed by atoms with Crippen LogP contribution in [0.3, 0.4) is 0 Å². The summed E-state index contributed by atoms with van der Waals surface area (Å²) >= 11 is 0. The molecule has 0 saturated carbocycles. The minimum Gasteiger partial charge on any atom is -0.355 e. The second-order valence-corrected chi connectivity index (χ2v) is 4.01. The van der Waals surface area contributed by atoms with Crippen molar-refractivity contribution in [1.82, 2.24) is 15.3 Å². The number of nitrogens with zero attached hydrogens (tertiary/aromatic N) is 1. The summed E-state index contributed by atoms with van der Waals surface area (Å²) in [5, 5.41) is 2.86. The molecule has 1 aliphatic carbocycles. The van der Waals surface area contributed by atoms with Gasteiger partial charge in [-0.1, -0.05) is 0 Å². The Morgan fingerprint density at radius 1 is 1.75 bits per heavy atom. The number of H-pyrrole nitrogens is 1. The summed E-state index contributed by atoms with van der Waals surface area (Å²) in [5.74, 6) is 2.67. The molecule has 0 aromatic carbocycles. The molecule has 0 fully saturated rings. The minimum atomic E-state index is 0.0609. The van der Waals surface area contributed by atoms with Crippen molar-refractivity contribution in [3.05, 3.63) is 17.7 Å². The Balaban J connectivity index is 1.89. The molecular weight excluding hydrogens is 202 g/mol. The second kappa shape index (κ2) is 4.84. The number of aromatic nitrogens is 2. The number of hydrogen-bond donors (Lipinski definition) is 2. The van der Waals surface area contributed by atoms with Gasteiger partial charge < -0.3 is 10.3 Å². The van der Waals surface area contributed by atoms with Crippen molar-refractivity contribution in [2.45, 2.75) is 25.7 Å². The number of aryl methyl sites for hydroxylation is 1. The zero-order valence-corrected chi connectivity index (χ0v) is 9.12. The summed E-state index contributed by atoms with van der Waals surface area (Å²) in [7, 11) is 0. The van der Waals surface area contributed by atoms with Crippen LogP contribution in [0.2, 0.25) is 0 Å². The number of amides is 1. The summed E-state index contributed by atoms with van der Waals surface area (Å²) in [5.41, 5.74) is 2.20. The lowest BCUT2D eigenvalue weighted by atomic mass is 9.89. The van der Waals surface area contributed by atoms with Gasteiger partial charge in [0.15, 0.2) is 0 Å². The van der Waals surface area contributed by atoms with Gasteiger partial charge in [0.2, 0.25) is 5.91 Å². The number of carbonyl (C=O) groups is 1. The molecule has 0 bridgehead atoms. The van der Waals surface area contributed by atoms with Gasteiger partial charge in [-0.3, -0.25) is 4.79 Å². The zero-order chi connectivity index (χ0) is 11.4. The standard InChI is InChI=1S/C12H15N3O/c1-2-3-6-13-12(16)9-4-5-10-11(7-9)15-8-14-10/h1,8-9H,3-7H2,(H,13,16)(H,14,15). The fourth-order valence-corrected chi connectivity index (χ4v) is 2.03. The van der Waals surface area contributed by atoms with Crippen molar-refractivity contribution >= 4 is 5.91 Å². The summed E-state index contributed by atoms with van der Waals surface area (Å²) < 4.78 is 0. The highest BCUT2D eigenvalue weighted by Crippen LogP contribution is 2.22. The van der Waals surface area contributed by atoms with Crippen LogP contribution in [0.4, 0.5) is 0 Å². The maximum atomic E-state index is 11.8. The van der Waals surface area contributed by atoms with E-state index in [9.17, 15) is 4.79 Å². The molecule has 0 saturated heterocycles. The predicted octanol–water partition coefficient (Wildman–Crippen LogP) is 0.654. The minimum absolute atomic E-state index is 0.0609. The molecule has 0 spiro atoms. The van der Waals surface area contributed by atoms with Crippen LogP contribution in [0.15, 0.2) is 6.33 Å². The fourth-order valence-electron chi connectivity index (χ4n) is 2.03. The number of imidazole rings is 1. The lowest BCUT2D eigenvalue weighted by molar-refractivity contribution is -0.125. The molecule has 1 aliphatic rings. The number of aromatic amines is 1. The van der Waals surface area contributed by atoms with E-state index in [-0.39, 0.29) is 11.8 Å². The number of carbonyl (C=O) groups excluding carboxylic acids is 1. The highest BCUT2D eigenvalue weighted by molar-refractivity contribution is 5.79. The Bertz CT molecular complexity index is 416. The number of terminal acetylenes is 1. The monoisotopic (exact) mass is 217 g/mol. The largest absolute Gasteiger partial charge is 0.355 e. The molecule has 1 amide bonds. The first kappa shape index (κ1) is 10.7. The lowest BCUT2D eigenvalue weighted by Gasteiger charge is -2.20. The molecule has 1 unspecified atom stereocenters. The van der Waals surface area contributed by atoms with Gasteiger partial charge in [0.25, 0.3) is 0 Å². The third-order valence-corrected chi connectivity index (χ3v) is 2.93. The van der Waals surface area contributed by atoms with Crippen LogP contribution in [-0.2, 0) is 17.6 Å². The topological polar surface area (TPSA) is 57.8 Å². The van der Waals surface area contributed by atoms with Crippen molar-refractivity contribution in [3.63, 3.8) is 0 Å². The van der Waals surface area contributed by atoms with E-state index in [0.29, 0.717) is 13.0 Å². The molecule has 0 radical (unpaired) electrons. The molecule has 0 aliphatic heterocycles. The molecule has 1 heterocycles. The fraction of sp³-hybridized carbons (Fsp3) is 0.500. The van der Waals surface area contributed by atoms with E-state index in [1.807, 2.05) is 0 Å². The molecule has 2 rings (SSSR count). The van der Waals surface area contributed by atoms with Crippen LogP contribution in [0.1, 0.15) is 24.2 Å². The SMILES string of the molecule is C#CCCNC(=O)C1CCc2nc[nH]c2C1. The number of fused-ring (bicyclic) bond motifs is 1. The average Bonchev–Trinajstić information content (AvgIpc) is 2.76. The van der Waals surface area contributed by atoms with E-state index in [1.165, 1.54) is 0 Å². The summed E-state index contributed by atoms with van der Waals surface area (Å²) in [6, 6.07) is 0. The van der Waals surface area contributed by atoms with Gasteiger partial charge in [0.1, 0.15) is 0 Å². The Hall–Kier alpha value is -1.76. The van der Waals surface area contributed by atoms with E-state index in [1.54, 1.807) is 6.33 Å². The predicted molar refractivity (Wildman–Crippen MR) is 60.6 cm³/mol. The van der Waals surface area contributed by atoms with E-state index in [0.717, 1.165) is 30.7 Å². The van der Waals surface area contributed by atoms with E-state index in [2.05, 4.69) is 21.2 Å². The van der Waals surface area contributed by atoms with Gasteiger partial charge in [-0.15, -0.1) is 12.3 Å². The third kappa shape index (κ3) is 2.25. The molecule has 16 heavy (non-hydrogen) atoms. The first-order valence-electron chi connectivity index (χ1n) is 5.53. The summed E-state index contributed by atoms with van der Waals surface area (Å²) in [4.78, 5) is 19.1. The van der Waals surface area contributed by atoms with Gasteiger partial charge in [-0.05, 0) is 12.8 Å². The normalized spacial score (nSPS) is 18.6. The smallest absolute Gasteiger partial charge is 0.223 e. The molecule has 4 heteroatoms. The Kier molecular flexibility index (Phi) is 3.25. The molecule has 1 atom stereocenters. The number of rotatable bonds is 3. The van der Waals surface area contributed by atoms with Crippen molar-refractivity contribution in [2.24, 2.45) is 5.92 Å². The first-order valence-corrected chi connectivity index (χ1v) is 5.53. The summed E-state index contributed by atoms with van der Waals surface area (Å²) in [6.07, 6.45) is 9.93. The van der Waals surface area contributed by atoms with Gasteiger partial charge in [-0.2, -0.15) is 0 Å². The third-order valence-electron chi connectivity index (χ3n) is 2.93. The Morgan fingerprint density at radius 3 is 3.44 bits per heavy atom. The lowest BCUT2D eigenvalue weighted by Crippen LogP contribution is -2.34. The van der Waals surface area contributed by atoms with E-state index >= 15 is 0 Å². The van der Waals surface area contributed by atoms with Crippen LogP contribution in [0.25, 0.3) is 0 Å². The molecule has 4 nitrogen and oxygen atoms in total. The second-order valence-electron chi connectivity index (χ2n) is 4.01. The van der Waals surface area contributed by atoms with Crippen molar-refractivity contribution in [2.75, 3.05) is 6.54 Å². The van der Waals surface area contributed by atoms with Crippen LogP contribution < -0.4 is 5.32 Å². The molecule has 1 aromatic rings. The molecule has 1 aromatic heterocycles. The highest BCUT2D eigenvalue weighted by atomic mass is 16.1. The maximum absolute atomic E-state index is 11.8. The van der Waals surface area contributed by atoms with Gasteiger partial charge in [0, 0.05) is 31.0 Å². The molecule has 84 valence electrons. The highest BCUT2D eigenvalue weighted by Gasteiger charge is 2.25. The van der Waals surface area contributed by atoms with Crippen LogP contribution in [0, 0.1) is 18.3 Å². The summed E-state index contributed by atoms with van der Waals surface area (Å²) in [6.45, 7) is 0.571. The van der Waals surface area contributed by atoms with Crippen LogP contribution in [0.5, 0.6) is 0 Å². The van der Waals surface area contributed by atoms with Crippen molar-refractivity contribution < 1.29 is 4.79 Å². The number of hydrogen-bond acceptors (Lipinski definition) is 2. The number of nitrogens with one attached hydrogen (secondary N) is 2. The van der Waals surface area contributed by atoms with E-state index in [4.69, 9.17) is 6.42 Å². The van der Waals surface area contributed by atoms with Crippen molar-refractivity contribution in [1.29, 1.82) is 0 Å². The quantitative estimate of drug-likeness (QED) is 0.577. The van der Waals surface area contributed by atoms with Crippen molar-refractivity contribution in [3.8, 4) is 12.3 Å². The first-order chi connectivity index (χ1) is 7.81. The average molecular weight is 217 g/mol. The Morgan fingerprint density at radius 2 is 2.62 bits per heavy atom. The van der Waals surface area contributed by atoms with Crippen LogP contribution in [-0.4, -0.2) is 22.4 Å². The maximum Gasteiger partial charge on any atom is 0.223 e. The molecule has 2 N–H and O–H groups in total. The van der Waals surface area contributed by atoms with Gasteiger partial charge in [-0.25, -0.2) is 4.98 Å². The van der Waals surface area contributed by atoms with Gasteiger partial charge in [0.05, 0.1) is 12.0 Å². The van der Waals surface area contributed by atoms with Crippen LogP contribution >= 0.6 is 0 Å². The van der Waals surface area contributed by atoms with E-state index < -0.39 is 0 Å². The molecular formula is C12H15N3O.